The molecule has 1 aliphatic heterocycles. The van der Waals surface area contributed by atoms with Crippen LogP contribution in [0.15, 0.2) is 18.3 Å². The minimum Gasteiger partial charge on any atom is -0.475 e. The van der Waals surface area contributed by atoms with Crippen LogP contribution in [-0.2, 0) is 11.3 Å². The van der Waals surface area contributed by atoms with Gasteiger partial charge in [0.15, 0.2) is 0 Å². The fourth-order valence-electron chi connectivity index (χ4n) is 1.69. The van der Waals surface area contributed by atoms with Gasteiger partial charge in [-0.25, -0.2) is 4.98 Å². The Morgan fingerprint density at radius 2 is 2.50 bits per heavy atom. The molecule has 0 aromatic carbocycles. The quantitative estimate of drug-likeness (QED) is 0.761. The van der Waals surface area contributed by atoms with Crippen molar-refractivity contribution in [2.45, 2.75) is 25.4 Å². The van der Waals surface area contributed by atoms with Gasteiger partial charge in [0.1, 0.15) is 6.61 Å². The summed E-state index contributed by atoms with van der Waals surface area (Å²) < 4.78 is 5.55. The zero-order valence-corrected chi connectivity index (χ0v) is 8.98. The molecule has 86 valence electrons. The Kier molecular flexibility index (Phi) is 3.36. The monoisotopic (exact) mass is 221 g/mol. The van der Waals surface area contributed by atoms with Crippen LogP contribution in [0.4, 0.5) is 0 Å². The van der Waals surface area contributed by atoms with E-state index in [9.17, 15) is 4.79 Å². The van der Waals surface area contributed by atoms with E-state index in [1.54, 1.807) is 6.20 Å². The third-order valence-electron chi connectivity index (χ3n) is 2.58. The SMILES string of the molecule is NCc1cccnc1OCC1CCC(=O)N1. The molecule has 2 heterocycles. The zero-order valence-electron chi connectivity index (χ0n) is 8.98. The summed E-state index contributed by atoms with van der Waals surface area (Å²) in [6.45, 7) is 0.857. The van der Waals surface area contributed by atoms with Gasteiger partial charge in [0, 0.05) is 24.7 Å². The number of rotatable bonds is 4. The van der Waals surface area contributed by atoms with Crippen LogP contribution in [0.25, 0.3) is 0 Å². The number of hydrogen-bond donors (Lipinski definition) is 2. The molecule has 1 unspecified atom stereocenters. The first-order valence-electron chi connectivity index (χ1n) is 5.35. The lowest BCUT2D eigenvalue weighted by molar-refractivity contribution is -0.119. The molecule has 2 rings (SSSR count). The number of hydrogen-bond acceptors (Lipinski definition) is 4. The van der Waals surface area contributed by atoms with E-state index >= 15 is 0 Å². The molecule has 3 N–H and O–H groups in total. The number of nitrogens with two attached hydrogens (primary N) is 1. The van der Waals surface area contributed by atoms with Gasteiger partial charge >= 0.3 is 0 Å². The molecule has 1 aromatic rings. The molecule has 0 saturated carbocycles. The molecule has 5 heteroatoms. The Bertz CT molecular complexity index is 381. The average molecular weight is 221 g/mol. The number of nitrogens with zero attached hydrogens (tertiary/aromatic N) is 1. The summed E-state index contributed by atoms with van der Waals surface area (Å²) in [5, 5.41) is 2.84. The highest BCUT2D eigenvalue weighted by Gasteiger charge is 2.21. The van der Waals surface area contributed by atoms with Crippen molar-refractivity contribution in [2.24, 2.45) is 5.73 Å². The third-order valence-corrected chi connectivity index (χ3v) is 2.58. The van der Waals surface area contributed by atoms with Gasteiger partial charge < -0.3 is 15.8 Å². The topological polar surface area (TPSA) is 77.2 Å². The molecule has 0 bridgehead atoms. The molecule has 1 saturated heterocycles. The number of aromatic nitrogens is 1. The lowest BCUT2D eigenvalue weighted by Crippen LogP contribution is -2.31. The van der Waals surface area contributed by atoms with Crippen LogP contribution in [0.5, 0.6) is 5.88 Å². The highest BCUT2D eigenvalue weighted by molar-refractivity contribution is 5.78. The van der Waals surface area contributed by atoms with Crippen LogP contribution >= 0.6 is 0 Å². The van der Waals surface area contributed by atoms with Crippen molar-refractivity contribution >= 4 is 5.91 Å². The van der Waals surface area contributed by atoms with Gasteiger partial charge in [-0.05, 0) is 12.5 Å². The Hall–Kier alpha value is -1.62. The fourth-order valence-corrected chi connectivity index (χ4v) is 1.69. The fraction of sp³-hybridized carbons (Fsp3) is 0.455. The van der Waals surface area contributed by atoms with Gasteiger partial charge in [0.25, 0.3) is 0 Å². The maximum atomic E-state index is 11.0. The van der Waals surface area contributed by atoms with Crippen molar-refractivity contribution in [2.75, 3.05) is 6.61 Å². The van der Waals surface area contributed by atoms with Crippen molar-refractivity contribution in [1.82, 2.24) is 10.3 Å². The van der Waals surface area contributed by atoms with Crippen LogP contribution < -0.4 is 15.8 Å². The number of carbonyl (C=O) groups excluding carboxylic acids is 1. The molecule has 1 amide bonds. The second-order valence-electron chi connectivity index (χ2n) is 3.79. The van der Waals surface area contributed by atoms with E-state index in [0.29, 0.717) is 25.5 Å². The first-order valence-corrected chi connectivity index (χ1v) is 5.35. The van der Waals surface area contributed by atoms with Crippen LogP contribution in [0.3, 0.4) is 0 Å². The molecule has 0 spiro atoms. The smallest absolute Gasteiger partial charge is 0.220 e. The maximum Gasteiger partial charge on any atom is 0.220 e. The second-order valence-corrected chi connectivity index (χ2v) is 3.79. The van der Waals surface area contributed by atoms with E-state index in [2.05, 4.69) is 10.3 Å². The number of carbonyl (C=O) groups is 1. The highest BCUT2D eigenvalue weighted by atomic mass is 16.5. The van der Waals surface area contributed by atoms with Gasteiger partial charge in [-0.2, -0.15) is 0 Å². The average Bonchev–Trinajstić information content (AvgIpc) is 2.73. The van der Waals surface area contributed by atoms with Crippen molar-refractivity contribution in [3.8, 4) is 5.88 Å². The van der Waals surface area contributed by atoms with Gasteiger partial charge in [-0.3, -0.25) is 4.79 Å². The summed E-state index contributed by atoms with van der Waals surface area (Å²) >= 11 is 0. The number of nitrogens with one attached hydrogen (secondary N) is 1. The summed E-state index contributed by atoms with van der Waals surface area (Å²) in [5.74, 6) is 0.653. The lowest BCUT2D eigenvalue weighted by Gasteiger charge is -2.12. The standard InChI is InChI=1S/C11H15N3O2/c12-6-8-2-1-5-13-11(8)16-7-9-3-4-10(15)14-9/h1-2,5,9H,3-4,6-7,12H2,(H,14,15). The minimum atomic E-state index is 0.0914. The van der Waals surface area contributed by atoms with Gasteiger partial charge in [-0.15, -0.1) is 0 Å². The highest BCUT2D eigenvalue weighted by Crippen LogP contribution is 2.15. The Morgan fingerprint density at radius 3 is 3.19 bits per heavy atom. The third kappa shape index (κ3) is 2.49. The molecule has 16 heavy (non-hydrogen) atoms. The van der Waals surface area contributed by atoms with Crippen LogP contribution in [0.1, 0.15) is 18.4 Å². The Balaban J connectivity index is 1.91. The van der Waals surface area contributed by atoms with Crippen LogP contribution in [-0.4, -0.2) is 23.5 Å². The Labute approximate surface area is 94.0 Å². The molecular formula is C11H15N3O2. The van der Waals surface area contributed by atoms with E-state index < -0.39 is 0 Å². The molecule has 5 nitrogen and oxygen atoms in total. The summed E-state index contributed by atoms with van der Waals surface area (Å²) in [6, 6.07) is 3.81. The summed E-state index contributed by atoms with van der Waals surface area (Å²) in [4.78, 5) is 15.1. The van der Waals surface area contributed by atoms with E-state index in [1.807, 2.05) is 12.1 Å². The van der Waals surface area contributed by atoms with Crippen molar-refractivity contribution in [3.63, 3.8) is 0 Å². The van der Waals surface area contributed by atoms with Crippen LogP contribution in [0.2, 0.25) is 0 Å². The molecule has 1 aromatic heterocycles. The molecule has 1 atom stereocenters. The van der Waals surface area contributed by atoms with Crippen molar-refractivity contribution in [1.29, 1.82) is 0 Å². The molecule has 0 radical (unpaired) electrons. The zero-order chi connectivity index (χ0) is 11.4. The van der Waals surface area contributed by atoms with Crippen molar-refractivity contribution in [3.05, 3.63) is 23.9 Å². The number of amides is 1. The second kappa shape index (κ2) is 4.94. The maximum absolute atomic E-state index is 11.0. The first-order chi connectivity index (χ1) is 7.79. The van der Waals surface area contributed by atoms with E-state index in [4.69, 9.17) is 10.5 Å². The molecular weight excluding hydrogens is 206 g/mol. The van der Waals surface area contributed by atoms with Gasteiger partial charge in [0.05, 0.1) is 6.04 Å². The van der Waals surface area contributed by atoms with Crippen LogP contribution in [0, 0.1) is 0 Å². The predicted molar refractivity (Wildman–Crippen MR) is 58.8 cm³/mol. The summed E-state index contributed by atoms with van der Waals surface area (Å²) in [6.07, 6.45) is 3.07. The summed E-state index contributed by atoms with van der Waals surface area (Å²) in [5.41, 5.74) is 6.45. The lowest BCUT2D eigenvalue weighted by atomic mass is 10.2. The predicted octanol–water partition coefficient (Wildman–Crippen LogP) is 0.198. The van der Waals surface area contributed by atoms with E-state index in [0.717, 1.165) is 12.0 Å². The normalized spacial score (nSPS) is 19.6. The van der Waals surface area contributed by atoms with E-state index in [-0.39, 0.29) is 11.9 Å². The Morgan fingerprint density at radius 1 is 1.62 bits per heavy atom. The first kappa shape index (κ1) is 10.9. The molecule has 0 aliphatic carbocycles. The van der Waals surface area contributed by atoms with E-state index in [1.165, 1.54) is 0 Å². The van der Waals surface area contributed by atoms with Gasteiger partial charge in [-0.1, -0.05) is 6.07 Å². The summed E-state index contributed by atoms with van der Waals surface area (Å²) in [7, 11) is 0. The van der Waals surface area contributed by atoms with Gasteiger partial charge in [0.2, 0.25) is 11.8 Å². The molecule has 1 aliphatic rings. The minimum absolute atomic E-state index is 0.0914. The molecule has 1 fully saturated rings. The van der Waals surface area contributed by atoms with Crippen molar-refractivity contribution < 1.29 is 9.53 Å². The largest absolute Gasteiger partial charge is 0.475 e. The number of pyridine rings is 1. The number of ether oxygens (including phenoxy) is 1.